The van der Waals surface area contributed by atoms with Crippen molar-refractivity contribution in [2.45, 2.75) is 82.8 Å². The molecule has 2 fully saturated rings. The molecule has 4 heterocycles. The van der Waals surface area contributed by atoms with Gasteiger partial charge < -0.3 is 46.1 Å². The van der Waals surface area contributed by atoms with Gasteiger partial charge in [0, 0.05) is 72.6 Å². The number of carbonyl (C=O) groups excluding carboxylic acids is 6. The van der Waals surface area contributed by atoms with Crippen LogP contribution >= 0.6 is 11.3 Å². The Labute approximate surface area is 379 Å². The number of carboxylic acid groups (broad SMARTS) is 2. The van der Waals surface area contributed by atoms with E-state index in [1.54, 1.807) is 29.8 Å². The van der Waals surface area contributed by atoms with Crippen molar-refractivity contribution in [2.75, 3.05) is 31.1 Å². The van der Waals surface area contributed by atoms with E-state index in [1.807, 2.05) is 62.4 Å². The van der Waals surface area contributed by atoms with Gasteiger partial charge in [0.15, 0.2) is 11.6 Å². The Balaban J connectivity index is 1.36. The van der Waals surface area contributed by atoms with Crippen LogP contribution in [0.4, 0.5) is 5.69 Å². The summed E-state index contributed by atoms with van der Waals surface area (Å²) in [7, 11) is 0. The first-order chi connectivity index (χ1) is 31.1. The number of H-pyrrole nitrogens is 1. The van der Waals surface area contributed by atoms with Crippen molar-refractivity contribution in [3.8, 4) is 0 Å². The fourth-order valence-corrected chi connectivity index (χ4v) is 9.06. The number of Topliss-reactive ketones (excluding diaryl/α,β-unsaturated/α-hetero) is 2. The Morgan fingerprint density at radius 2 is 1.42 bits per heavy atom. The van der Waals surface area contributed by atoms with Crippen molar-refractivity contribution < 1.29 is 53.7 Å². The monoisotopic (exact) mass is 913 g/mol. The van der Waals surface area contributed by atoms with E-state index in [1.165, 1.54) is 4.90 Å². The molecule has 2 aromatic heterocycles. The molecule has 2 aliphatic rings. The van der Waals surface area contributed by atoms with Crippen LogP contribution in [-0.4, -0.2) is 123 Å². The SMILES string of the molecule is CC(C)CC1NC(=O)C(c2cccs2)NC(O)C(C(=O)O)CC(=O)C(CC(=O)N2CCN(c3ccccc3)CC2)NC(=O)C(CC(=O)O)NC(=O)C(Cc2c[nH]c3ccccc23)CC1=O. The lowest BCUT2D eigenvalue weighted by Crippen LogP contribution is -2.56. The van der Waals surface area contributed by atoms with E-state index >= 15 is 0 Å². The summed E-state index contributed by atoms with van der Waals surface area (Å²) in [5.74, 6) is -11.3. The zero-order chi connectivity index (χ0) is 46.8. The van der Waals surface area contributed by atoms with Crippen LogP contribution in [0.2, 0.25) is 0 Å². The number of rotatable bonds is 11. The van der Waals surface area contributed by atoms with Gasteiger partial charge >= 0.3 is 11.9 Å². The molecule has 0 saturated carbocycles. The molecule has 7 atom stereocenters. The van der Waals surface area contributed by atoms with Crippen molar-refractivity contribution in [1.29, 1.82) is 0 Å². The van der Waals surface area contributed by atoms with Gasteiger partial charge in [0.25, 0.3) is 0 Å². The predicted molar refractivity (Wildman–Crippen MR) is 239 cm³/mol. The van der Waals surface area contributed by atoms with Crippen LogP contribution in [0.15, 0.2) is 78.3 Å². The third kappa shape index (κ3) is 12.6. The summed E-state index contributed by atoms with van der Waals surface area (Å²) in [6.45, 7) is 5.06. The summed E-state index contributed by atoms with van der Waals surface area (Å²) in [6.07, 6.45) is -3.30. The number of aliphatic hydroxyl groups excluding tert-OH is 1. The number of carboxylic acids is 2. The number of anilines is 1. The van der Waals surface area contributed by atoms with E-state index in [0.29, 0.717) is 23.5 Å². The highest BCUT2D eigenvalue weighted by atomic mass is 32.1. The fraction of sp³-hybridized carbons (Fsp3) is 0.435. The summed E-state index contributed by atoms with van der Waals surface area (Å²) >= 11 is 1.12. The fourth-order valence-electron chi connectivity index (χ4n) is 8.28. The third-order valence-electron chi connectivity index (χ3n) is 11.8. The molecular weight excluding hydrogens is 859 g/mol. The van der Waals surface area contributed by atoms with Gasteiger partial charge in [-0.1, -0.05) is 56.3 Å². The number of hydrogen-bond acceptors (Lipinski definition) is 12. The van der Waals surface area contributed by atoms with E-state index in [9.17, 15) is 53.7 Å². The van der Waals surface area contributed by atoms with E-state index in [-0.39, 0.29) is 31.8 Å². The van der Waals surface area contributed by atoms with Crippen molar-refractivity contribution in [1.82, 2.24) is 31.2 Å². The average molecular weight is 914 g/mol. The number of fused-ring (bicyclic) bond motifs is 1. The summed E-state index contributed by atoms with van der Waals surface area (Å²) in [4.78, 5) is 117. The van der Waals surface area contributed by atoms with Gasteiger partial charge in [0.1, 0.15) is 24.2 Å². The Morgan fingerprint density at radius 3 is 2.08 bits per heavy atom. The standard InChI is InChI=1S/C46H55N7O11S/c1-26(2)19-33-36(54)21-27(20-28-25-47-32-12-7-6-11-30(28)32)42(59)50-35(24-40(57)58)44(61)48-34(23-39(56)53-16-14-52(15-17-53)29-9-4-3-5-10-29)37(55)22-31(46(63)64)43(60)51-41(45(62)49-33)38-13-8-18-65-38/h3-13,18,25-27,31,33-35,41,43,47,51,60H,14-17,19-24H2,1-2H3,(H,48,61)(H,49,62)(H,50,59)(H,57,58)(H,63,64). The minimum absolute atomic E-state index is 0.0410. The minimum Gasteiger partial charge on any atom is -0.481 e. The lowest BCUT2D eigenvalue weighted by molar-refractivity contribution is -0.150. The number of piperazine rings is 1. The zero-order valence-electron chi connectivity index (χ0n) is 36.1. The van der Waals surface area contributed by atoms with E-state index in [4.69, 9.17) is 0 Å². The van der Waals surface area contributed by atoms with Crippen molar-refractivity contribution >= 4 is 75.1 Å². The number of nitrogens with one attached hydrogen (secondary N) is 5. The molecule has 6 rings (SSSR count). The van der Waals surface area contributed by atoms with E-state index < -0.39 is 115 Å². The molecule has 0 bridgehead atoms. The summed E-state index contributed by atoms with van der Waals surface area (Å²) in [6, 6.07) is 13.9. The predicted octanol–water partition coefficient (Wildman–Crippen LogP) is 2.38. The molecule has 4 aromatic rings. The molecule has 8 N–H and O–H groups in total. The van der Waals surface area contributed by atoms with Gasteiger partial charge in [0.05, 0.1) is 24.9 Å². The highest BCUT2D eigenvalue weighted by molar-refractivity contribution is 7.10. The second-order valence-corrected chi connectivity index (χ2v) is 17.9. The third-order valence-corrected chi connectivity index (χ3v) is 12.7. The molecule has 0 radical (unpaired) electrons. The molecule has 2 saturated heterocycles. The maximum atomic E-state index is 14.4. The molecule has 4 amide bonds. The average Bonchev–Trinajstić information content (AvgIpc) is 3.96. The Morgan fingerprint density at radius 1 is 0.754 bits per heavy atom. The van der Waals surface area contributed by atoms with Crippen LogP contribution in [-0.2, 0) is 44.8 Å². The van der Waals surface area contributed by atoms with Gasteiger partial charge in [-0.15, -0.1) is 11.3 Å². The molecule has 346 valence electrons. The molecule has 19 heteroatoms. The molecule has 0 aliphatic carbocycles. The number of aliphatic hydroxyl groups is 1. The quantitative estimate of drug-likeness (QED) is 0.108. The number of carbonyl (C=O) groups is 8. The Hall–Kier alpha value is -6.44. The summed E-state index contributed by atoms with van der Waals surface area (Å²) in [5.41, 5.74) is 2.36. The second-order valence-electron chi connectivity index (χ2n) is 16.9. The van der Waals surface area contributed by atoms with Crippen molar-refractivity contribution in [3.05, 3.63) is 88.7 Å². The molecule has 65 heavy (non-hydrogen) atoms. The molecule has 18 nitrogen and oxygen atoms in total. The molecular formula is C46H55N7O11S. The van der Waals surface area contributed by atoms with Crippen LogP contribution in [0.5, 0.6) is 0 Å². The zero-order valence-corrected chi connectivity index (χ0v) is 36.9. The molecule has 2 aliphatic heterocycles. The van der Waals surface area contributed by atoms with Gasteiger partial charge in [-0.25, -0.2) is 0 Å². The normalized spacial score (nSPS) is 24.5. The van der Waals surface area contributed by atoms with E-state index in [2.05, 4.69) is 31.2 Å². The number of nitrogens with zero attached hydrogens (tertiary/aromatic N) is 2. The van der Waals surface area contributed by atoms with Gasteiger partial charge in [0.2, 0.25) is 23.6 Å². The number of thiophene rings is 1. The maximum Gasteiger partial charge on any atom is 0.310 e. The molecule has 2 aromatic carbocycles. The summed E-state index contributed by atoms with van der Waals surface area (Å²) < 4.78 is 0. The first-order valence-corrected chi connectivity index (χ1v) is 22.5. The number of benzene rings is 2. The van der Waals surface area contributed by atoms with E-state index in [0.717, 1.165) is 27.9 Å². The molecule has 7 unspecified atom stereocenters. The smallest absolute Gasteiger partial charge is 0.310 e. The maximum absolute atomic E-state index is 14.4. The number of aromatic nitrogens is 1. The van der Waals surface area contributed by atoms with Crippen LogP contribution in [0.1, 0.15) is 62.4 Å². The lowest BCUT2D eigenvalue weighted by atomic mass is 9.88. The van der Waals surface area contributed by atoms with Gasteiger partial charge in [-0.3, -0.25) is 43.7 Å². The highest BCUT2D eigenvalue weighted by Crippen LogP contribution is 2.26. The Kier molecular flexibility index (Phi) is 16.2. The number of aromatic amines is 1. The largest absolute Gasteiger partial charge is 0.481 e. The van der Waals surface area contributed by atoms with Gasteiger partial charge in [-0.05, 0) is 54.0 Å². The first-order valence-electron chi connectivity index (χ1n) is 21.6. The van der Waals surface area contributed by atoms with Crippen molar-refractivity contribution in [2.24, 2.45) is 17.8 Å². The van der Waals surface area contributed by atoms with Crippen LogP contribution in [0.25, 0.3) is 10.9 Å². The topological polar surface area (TPSA) is 268 Å². The number of para-hydroxylation sites is 2. The van der Waals surface area contributed by atoms with Gasteiger partial charge in [-0.2, -0.15) is 0 Å². The van der Waals surface area contributed by atoms with Crippen molar-refractivity contribution in [3.63, 3.8) is 0 Å². The first kappa shape index (κ1) is 48.0. The number of aliphatic carboxylic acids is 2. The number of hydrogen-bond donors (Lipinski definition) is 8. The number of amides is 4. The minimum atomic E-state index is -2.05. The Bertz CT molecular complexity index is 2350. The highest BCUT2D eigenvalue weighted by Gasteiger charge is 2.40. The second kappa shape index (κ2) is 22.0. The van der Waals surface area contributed by atoms with Crippen LogP contribution < -0.4 is 26.2 Å². The molecule has 0 spiro atoms. The van der Waals surface area contributed by atoms with Crippen LogP contribution in [0, 0.1) is 17.8 Å². The number of ketones is 2. The van der Waals surface area contributed by atoms with Crippen LogP contribution in [0.3, 0.4) is 0 Å². The lowest BCUT2D eigenvalue weighted by Gasteiger charge is -2.36. The summed E-state index contributed by atoms with van der Waals surface area (Å²) in [5, 5.41) is 44.5.